The van der Waals surface area contributed by atoms with Crippen LogP contribution in [0.4, 0.5) is 17.6 Å². The second kappa shape index (κ2) is 6.93. The zero-order chi connectivity index (χ0) is 20.2. The van der Waals surface area contributed by atoms with Gasteiger partial charge in [0.05, 0.1) is 22.8 Å². The lowest BCUT2D eigenvalue weighted by atomic mass is 9.78. The summed E-state index contributed by atoms with van der Waals surface area (Å²) in [5, 5.41) is 0. The number of likely N-dealkylation sites (tertiary alicyclic amines) is 1. The zero-order valence-electron chi connectivity index (χ0n) is 15.5. The van der Waals surface area contributed by atoms with E-state index < -0.39 is 27.4 Å². The van der Waals surface area contributed by atoms with Gasteiger partial charge in [0.1, 0.15) is 5.82 Å². The van der Waals surface area contributed by atoms with Crippen molar-refractivity contribution in [3.63, 3.8) is 0 Å². The first-order valence-corrected chi connectivity index (χ1v) is 11.6. The molecule has 1 saturated carbocycles. The SMILES string of the molecule is O=S1(=O)CC2(CCN([C@H]3CC[C@H](c4ncc(C(F)(F)F)cc4F)CC3)CC2)C1. The molecule has 0 aromatic carbocycles. The van der Waals surface area contributed by atoms with Crippen molar-refractivity contribution in [2.24, 2.45) is 5.41 Å². The molecule has 1 aliphatic carbocycles. The molecule has 1 aromatic heterocycles. The number of nitrogens with zero attached hydrogens (tertiary/aromatic N) is 2. The molecule has 4 nitrogen and oxygen atoms in total. The second-order valence-electron chi connectivity index (χ2n) is 8.66. The molecular weight excluding hydrogens is 396 g/mol. The maximum absolute atomic E-state index is 14.2. The molecule has 0 N–H and O–H groups in total. The van der Waals surface area contributed by atoms with Gasteiger partial charge in [-0.3, -0.25) is 4.98 Å². The van der Waals surface area contributed by atoms with Gasteiger partial charge in [-0.1, -0.05) is 0 Å². The van der Waals surface area contributed by atoms with E-state index in [4.69, 9.17) is 0 Å². The molecule has 0 amide bonds. The van der Waals surface area contributed by atoms with Gasteiger partial charge in [0.15, 0.2) is 9.84 Å². The minimum Gasteiger partial charge on any atom is -0.300 e. The largest absolute Gasteiger partial charge is 0.417 e. The standard InChI is InChI=1S/C19H24F4N2O2S/c20-16-9-14(19(21,22)23)10-24-17(16)13-1-3-15(4-2-13)25-7-5-18(6-8-25)11-28(26,27)12-18/h9-10,13,15H,1-8,11-12H2/t13-,15-. The van der Waals surface area contributed by atoms with Crippen molar-refractivity contribution >= 4 is 9.84 Å². The van der Waals surface area contributed by atoms with Gasteiger partial charge in [-0.05, 0) is 57.7 Å². The van der Waals surface area contributed by atoms with Gasteiger partial charge in [0, 0.05) is 23.6 Å². The molecule has 9 heteroatoms. The van der Waals surface area contributed by atoms with E-state index in [-0.39, 0.29) is 17.0 Å². The predicted molar refractivity (Wildman–Crippen MR) is 96.1 cm³/mol. The van der Waals surface area contributed by atoms with E-state index in [2.05, 4.69) is 9.88 Å². The minimum absolute atomic E-state index is 0.0141. The number of hydrogen-bond donors (Lipinski definition) is 0. The third kappa shape index (κ3) is 3.92. The third-order valence-electron chi connectivity index (χ3n) is 6.71. The summed E-state index contributed by atoms with van der Waals surface area (Å²) in [6, 6.07) is 0.924. The summed E-state index contributed by atoms with van der Waals surface area (Å²) in [7, 11) is -2.82. The van der Waals surface area contributed by atoms with E-state index in [1.165, 1.54) is 0 Å². The Bertz CT molecular complexity index is 826. The van der Waals surface area contributed by atoms with Crippen LogP contribution in [-0.2, 0) is 16.0 Å². The Kier molecular flexibility index (Phi) is 4.97. The summed E-state index contributed by atoms with van der Waals surface area (Å²) in [6.45, 7) is 1.77. The number of halogens is 4. The average molecular weight is 420 g/mol. The summed E-state index contributed by atoms with van der Waals surface area (Å²) < 4.78 is 75.2. The molecule has 0 atom stereocenters. The monoisotopic (exact) mass is 420 g/mol. The van der Waals surface area contributed by atoms with Crippen molar-refractivity contribution in [2.75, 3.05) is 24.6 Å². The van der Waals surface area contributed by atoms with Crippen LogP contribution in [0.25, 0.3) is 0 Å². The first kappa shape index (κ1) is 20.1. The number of sulfone groups is 1. The fourth-order valence-electron chi connectivity index (χ4n) is 5.16. The predicted octanol–water partition coefficient (Wildman–Crippen LogP) is 3.78. The van der Waals surface area contributed by atoms with Crippen LogP contribution >= 0.6 is 0 Å². The van der Waals surface area contributed by atoms with Crippen molar-refractivity contribution in [1.29, 1.82) is 0 Å². The molecule has 4 rings (SSSR count). The van der Waals surface area contributed by atoms with Crippen LogP contribution in [0.3, 0.4) is 0 Å². The molecule has 1 spiro atoms. The van der Waals surface area contributed by atoms with Crippen molar-refractivity contribution in [1.82, 2.24) is 9.88 Å². The van der Waals surface area contributed by atoms with Crippen molar-refractivity contribution in [2.45, 2.75) is 56.7 Å². The van der Waals surface area contributed by atoms with Crippen molar-refractivity contribution < 1.29 is 26.0 Å². The lowest BCUT2D eigenvalue weighted by molar-refractivity contribution is -0.138. The summed E-state index contributed by atoms with van der Waals surface area (Å²) in [6.07, 6.45) is 1.07. The summed E-state index contributed by atoms with van der Waals surface area (Å²) >= 11 is 0. The second-order valence-corrected chi connectivity index (χ2v) is 10.7. The van der Waals surface area contributed by atoms with E-state index >= 15 is 0 Å². The van der Waals surface area contributed by atoms with Gasteiger partial charge >= 0.3 is 6.18 Å². The number of hydrogen-bond acceptors (Lipinski definition) is 4. The number of pyridine rings is 1. The fourth-order valence-corrected chi connectivity index (χ4v) is 7.52. The van der Waals surface area contributed by atoms with Crippen LogP contribution in [-0.4, -0.2) is 48.9 Å². The Morgan fingerprint density at radius 3 is 2.18 bits per heavy atom. The highest BCUT2D eigenvalue weighted by Crippen LogP contribution is 2.44. The van der Waals surface area contributed by atoms with E-state index in [0.717, 1.165) is 45.0 Å². The smallest absolute Gasteiger partial charge is 0.300 e. The maximum atomic E-state index is 14.2. The van der Waals surface area contributed by atoms with Crippen LogP contribution in [0.1, 0.15) is 55.7 Å². The van der Waals surface area contributed by atoms with Crippen molar-refractivity contribution in [3.05, 3.63) is 29.3 Å². The van der Waals surface area contributed by atoms with E-state index in [1.54, 1.807) is 0 Å². The summed E-state index contributed by atoms with van der Waals surface area (Å²) in [5.41, 5.74) is -0.925. The number of piperidine rings is 1. The van der Waals surface area contributed by atoms with E-state index in [9.17, 15) is 26.0 Å². The Labute approximate surface area is 162 Å². The number of alkyl halides is 3. The number of aromatic nitrogens is 1. The van der Waals surface area contributed by atoms with Crippen LogP contribution in [0.5, 0.6) is 0 Å². The van der Waals surface area contributed by atoms with Crippen molar-refractivity contribution in [3.8, 4) is 0 Å². The molecule has 0 radical (unpaired) electrons. The quantitative estimate of drug-likeness (QED) is 0.684. The highest BCUT2D eigenvalue weighted by molar-refractivity contribution is 7.92. The van der Waals surface area contributed by atoms with E-state index in [0.29, 0.717) is 36.5 Å². The molecular formula is C19H24F4N2O2S. The van der Waals surface area contributed by atoms with Gasteiger partial charge in [-0.25, -0.2) is 12.8 Å². The topological polar surface area (TPSA) is 50.3 Å². The van der Waals surface area contributed by atoms with Gasteiger partial charge < -0.3 is 4.90 Å². The summed E-state index contributed by atoms with van der Waals surface area (Å²) in [5.74, 6) is -0.380. The molecule has 0 bridgehead atoms. The van der Waals surface area contributed by atoms with Gasteiger partial charge in [0.25, 0.3) is 0 Å². The Morgan fingerprint density at radius 2 is 1.68 bits per heavy atom. The maximum Gasteiger partial charge on any atom is 0.417 e. The first-order chi connectivity index (χ1) is 13.1. The van der Waals surface area contributed by atoms with Crippen LogP contribution < -0.4 is 0 Å². The van der Waals surface area contributed by atoms with Crippen LogP contribution in [0, 0.1) is 11.2 Å². The van der Waals surface area contributed by atoms with Gasteiger partial charge in [0.2, 0.25) is 0 Å². The molecule has 156 valence electrons. The normalized spacial score (nSPS) is 30.1. The number of rotatable bonds is 2. The lowest BCUT2D eigenvalue weighted by Gasteiger charge is -2.49. The zero-order valence-corrected chi connectivity index (χ0v) is 16.3. The first-order valence-electron chi connectivity index (χ1n) is 9.74. The molecule has 3 heterocycles. The summed E-state index contributed by atoms with van der Waals surface area (Å²) in [4.78, 5) is 6.20. The highest BCUT2D eigenvalue weighted by atomic mass is 32.2. The molecule has 2 saturated heterocycles. The Morgan fingerprint density at radius 1 is 1.07 bits per heavy atom. The molecule has 3 aliphatic rings. The Hall–Kier alpha value is -1.22. The van der Waals surface area contributed by atoms with Gasteiger partial charge in [-0.15, -0.1) is 0 Å². The lowest BCUT2D eigenvalue weighted by Crippen LogP contribution is -2.56. The molecule has 0 unspecified atom stereocenters. The van der Waals surface area contributed by atoms with Crippen LogP contribution in [0.15, 0.2) is 12.3 Å². The molecule has 2 aliphatic heterocycles. The molecule has 1 aromatic rings. The molecule has 3 fully saturated rings. The molecule has 28 heavy (non-hydrogen) atoms. The van der Waals surface area contributed by atoms with E-state index in [1.807, 2.05) is 0 Å². The third-order valence-corrected chi connectivity index (χ3v) is 8.81. The minimum atomic E-state index is -4.59. The fraction of sp³-hybridized carbons (Fsp3) is 0.737. The van der Waals surface area contributed by atoms with Crippen LogP contribution in [0.2, 0.25) is 0 Å². The van der Waals surface area contributed by atoms with Gasteiger partial charge in [-0.2, -0.15) is 13.2 Å². The highest BCUT2D eigenvalue weighted by Gasteiger charge is 2.50. The Balaban J connectivity index is 1.32. The average Bonchev–Trinajstić information content (AvgIpc) is 2.60.